The Balaban J connectivity index is 1.79. The van der Waals surface area contributed by atoms with Crippen LogP contribution in [0.2, 0.25) is 0 Å². The number of carbonyl (C=O) groups is 1. The van der Waals surface area contributed by atoms with Gasteiger partial charge in [-0.1, -0.05) is 0 Å². The van der Waals surface area contributed by atoms with Gasteiger partial charge in [-0.25, -0.2) is 9.67 Å². The predicted molar refractivity (Wildman–Crippen MR) is 87.1 cm³/mol. The number of aromatic nitrogens is 3. The summed E-state index contributed by atoms with van der Waals surface area (Å²) >= 11 is 0. The Morgan fingerprint density at radius 1 is 1.50 bits per heavy atom. The van der Waals surface area contributed by atoms with Crippen molar-refractivity contribution in [2.45, 2.75) is 44.8 Å². The highest BCUT2D eigenvalue weighted by Crippen LogP contribution is 2.48. The molecule has 3 heterocycles. The molecule has 1 aliphatic carbocycles. The second kappa shape index (κ2) is 5.87. The average molecular weight is 325 g/mol. The quantitative estimate of drug-likeness (QED) is 0.936. The molecule has 124 valence electrons. The molecule has 0 aromatic carbocycles. The van der Waals surface area contributed by atoms with E-state index in [0.29, 0.717) is 5.82 Å². The summed E-state index contributed by atoms with van der Waals surface area (Å²) in [5.74, 6) is 0.564. The molecule has 1 aliphatic heterocycles. The largest absolute Gasteiger partial charge is 0.356 e. The molecule has 24 heavy (non-hydrogen) atoms. The number of hydrogen-bond acceptors (Lipinski definition) is 5. The molecule has 7 heteroatoms. The van der Waals surface area contributed by atoms with Crippen LogP contribution in [0.3, 0.4) is 0 Å². The first-order valence-corrected chi connectivity index (χ1v) is 8.34. The van der Waals surface area contributed by atoms with Crippen molar-refractivity contribution in [3.8, 4) is 6.07 Å². The number of carbonyl (C=O) groups excluding carboxylic acids is 1. The minimum atomic E-state index is -0.159. The van der Waals surface area contributed by atoms with E-state index in [4.69, 9.17) is 15.1 Å². The van der Waals surface area contributed by atoms with E-state index >= 15 is 0 Å². The van der Waals surface area contributed by atoms with Crippen LogP contribution < -0.4 is 5.32 Å². The van der Waals surface area contributed by atoms with Gasteiger partial charge >= 0.3 is 0 Å². The minimum Gasteiger partial charge on any atom is -0.356 e. The van der Waals surface area contributed by atoms with Crippen molar-refractivity contribution < 1.29 is 9.53 Å². The zero-order valence-corrected chi connectivity index (χ0v) is 13.5. The standard InChI is InChI=1S/C17H19N5O2/c1-10(23)20-15-7-14-13(9-19-15)17(12-6-11(12)8-18)21-22(14)16-4-2-3-5-24-16/h7,9,11-12,16H,2-6H2,1H3,(H,19,20,23). The summed E-state index contributed by atoms with van der Waals surface area (Å²) in [5.41, 5.74) is 1.83. The van der Waals surface area contributed by atoms with Gasteiger partial charge in [-0.15, -0.1) is 0 Å². The molecule has 7 nitrogen and oxygen atoms in total. The van der Waals surface area contributed by atoms with Crippen LogP contribution in [0, 0.1) is 17.2 Å². The number of rotatable bonds is 3. The van der Waals surface area contributed by atoms with Crippen molar-refractivity contribution in [1.82, 2.24) is 14.8 Å². The molecule has 0 radical (unpaired) electrons. The number of fused-ring (bicyclic) bond motifs is 1. The summed E-state index contributed by atoms with van der Waals surface area (Å²) in [7, 11) is 0. The molecule has 2 aromatic heterocycles. The molecule has 2 fully saturated rings. The fourth-order valence-corrected chi connectivity index (χ4v) is 3.35. The van der Waals surface area contributed by atoms with Crippen LogP contribution in [0.5, 0.6) is 0 Å². The van der Waals surface area contributed by atoms with Crippen LogP contribution in [-0.2, 0) is 9.53 Å². The third kappa shape index (κ3) is 2.63. The van der Waals surface area contributed by atoms with Gasteiger partial charge in [-0.3, -0.25) is 4.79 Å². The molecule has 4 rings (SSSR count). The topological polar surface area (TPSA) is 92.8 Å². The van der Waals surface area contributed by atoms with Gasteiger partial charge in [0.05, 0.1) is 23.2 Å². The normalized spacial score (nSPS) is 26.1. The summed E-state index contributed by atoms with van der Waals surface area (Å²) in [4.78, 5) is 15.6. The number of pyridine rings is 1. The smallest absolute Gasteiger partial charge is 0.222 e. The van der Waals surface area contributed by atoms with E-state index in [-0.39, 0.29) is 24.0 Å². The SMILES string of the molecule is CC(=O)Nc1cc2c(cn1)c(C1CC1C#N)nn2C1CCCCO1. The molecular formula is C17H19N5O2. The maximum absolute atomic E-state index is 11.3. The molecule has 1 N–H and O–H groups in total. The van der Waals surface area contributed by atoms with Gasteiger partial charge in [0, 0.05) is 37.1 Å². The predicted octanol–water partition coefficient (Wildman–Crippen LogP) is 2.72. The molecule has 2 aromatic rings. The molecule has 3 atom stereocenters. The van der Waals surface area contributed by atoms with Crippen LogP contribution in [0.15, 0.2) is 12.3 Å². The Labute approximate surface area is 139 Å². The van der Waals surface area contributed by atoms with Crippen LogP contribution in [0.4, 0.5) is 5.82 Å². The lowest BCUT2D eigenvalue weighted by Crippen LogP contribution is -2.19. The Morgan fingerprint density at radius 2 is 2.38 bits per heavy atom. The third-order valence-electron chi connectivity index (χ3n) is 4.66. The number of amides is 1. The van der Waals surface area contributed by atoms with E-state index in [9.17, 15) is 4.79 Å². The van der Waals surface area contributed by atoms with Gasteiger partial charge in [-0.2, -0.15) is 10.4 Å². The summed E-state index contributed by atoms with van der Waals surface area (Å²) in [5, 5.41) is 17.6. The average Bonchev–Trinajstić information content (AvgIpc) is 3.28. The lowest BCUT2D eigenvalue weighted by molar-refractivity contribution is -0.114. The molecule has 1 saturated carbocycles. The van der Waals surface area contributed by atoms with Crippen LogP contribution in [-0.4, -0.2) is 27.3 Å². The number of ether oxygens (including phenoxy) is 1. The second-order valence-electron chi connectivity index (χ2n) is 6.50. The van der Waals surface area contributed by atoms with Crippen molar-refractivity contribution >= 4 is 22.6 Å². The van der Waals surface area contributed by atoms with Crippen molar-refractivity contribution in [2.24, 2.45) is 5.92 Å². The lowest BCUT2D eigenvalue weighted by atomic mass is 10.1. The van der Waals surface area contributed by atoms with Gasteiger partial charge in [0.25, 0.3) is 0 Å². The monoisotopic (exact) mass is 325 g/mol. The maximum atomic E-state index is 11.3. The molecular weight excluding hydrogens is 306 g/mol. The van der Waals surface area contributed by atoms with E-state index in [1.54, 1.807) is 6.20 Å². The van der Waals surface area contributed by atoms with Gasteiger partial charge in [0.2, 0.25) is 5.91 Å². The molecule has 1 saturated heterocycles. The highest BCUT2D eigenvalue weighted by molar-refractivity contribution is 5.91. The van der Waals surface area contributed by atoms with Crippen LogP contribution in [0.25, 0.3) is 10.9 Å². The highest BCUT2D eigenvalue weighted by atomic mass is 16.5. The third-order valence-corrected chi connectivity index (χ3v) is 4.66. The summed E-state index contributed by atoms with van der Waals surface area (Å²) in [6.45, 7) is 2.19. The van der Waals surface area contributed by atoms with Crippen molar-refractivity contribution in [3.05, 3.63) is 18.0 Å². The maximum Gasteiger partial charge on any atom is 0.222 e. The van der Waals surface area contributed by atoms with Gasteiger partial charge < -0.3 is 10.1 Å². The molecule has 2 aliphatic rings. The fraction of sp³-hybridized carbons (Fsp3) is 0.529. The van der Waals surface area contributed by atoms with Crippen molar-refractivity contribution in [1.29, 1.82) is 5.26 Å². The Kier molecular flexibility index (Phi) is 3.69. The van der Waals surface area contributed by atoms with E-state index in [1.165, 1.54) is 6.92 Å². The van der Waals surface area contributed by atoms with Crippen LogP contribution >= 0.6 is 0 Å². The lowest BCUT2D eigenvalue weighted by Gasteiger charge is -2.23. The summed E-state index contributed by atoms with van der Waals surface area (Å²) < 4.78 is 7.79. The van der Waals surface area contributed by atoms with Gasteiger partial charge in [0.1, 0.15) is 5.82 Å². The first-order chi connectivity index (χ1) is 11.7. The Hall–Kier alpha value is -2.46. The van der Waals surface area contributed by atoms with Gasteiger partial charge in [-0.05, 0) is 25.7 Å². The van der Waals surface area contributed by atoms with E-state index < -0.39 is 0 Å². The fourth-order valence-electron chi connectivity index (χ4n) is 3.35. The van der Waals surface area contributed by atoms with Gasteiger partial charge in [0.15, 0.2) is 6.23 Å². The number of hydrogen-bond donors (Lipinski definition) is 1. The number of nitrogens with one attached hydrogen (secondary N) is 1. The number of nitriles is 1. The molecule has 1 amide bonds. The zero-order valence-electron chi connectivity index (χ0n) is 13.5. The zero-order chi connectivity index (χ0) is 16.7. The number of nitrogens with zero attached hydrogens (tertiary/aromatic N) is 4. The second-order valence-corrected chi connectivity index (χ2v) is 6.50. The van der Waals surface area contributed by atoms with E-state index in [1.807, 2.05) is 10.7 Å². The Morgan fingerprint density at radius 3 is 3.04 bits per heavy atom. The van der Waals surface area contributed by atoms with Crippen molar-refractivity contribution in [3.63, 3.8) is 0 Å². The Bertz CT molecular complexity index is 831. The molecule has 0 spiro atoms. The van der Waals surface area contributed by atoms with E-state index in [0.717, 1.165) is 48.9 Å². The van der Waals surface area contributed by atoms with E-state index in [2.05, 4.69) is 16.4 Å². The highest BCUT2D eigenvalue weighted by Gasteiger charge is 2.42. The minimum absolute atomic E-state index is 0.0406. The number of anilines is 1. The first-order valence-electron chi connectivity index (χ1n) is 8.34. The van der Waals surface area contributed by atoms with Crippen LogP contribution in [0.1, 0.15) is 50.4 Å². The summed E-state index contributed by atoms with van der Waals surface area (Å²) in [6, 6.07) is 4.16. The molecule has 0 bridgehead atoms. The van der Waals surface area contributed by atoms with Crippen molar-refractivity contribution in [2.75, 3.05) is 11.9 Å². The molecule has 3 unspecified atom stereocenters. The first kappa shape index (κ1) is 15.1. The summed E-state index contributed by atoms with van der Waals surface area (Å²) in [6.07, 6.45) is 5.59.